The van der Waals surface area contributed by atoms with E-state index in [0.717, 1.165) is 26.2 Å². The first-order valence-corrected chi connectivity index (χ1v) is 12.6. The minimum atomic E-state index is -0.0832. The Bertz CT molecular complexity index is 1020. The van der Waals surface area contributed by atoms with Crippen molar-refractivity contribution < 1.29 is 14.3 Å². The fraction of sp³-hybridized carbons (Fsp3) is 0.458. The average Bonchev–Trinajstić information content (AvgIpc) is 3.14. The van der Waals surface area contributed by atoms with Gasteiger partial charge in [-0.3, -0.25) is 9.59 Å². The first-order chi connectivity index (χ1) is 15.8. The van der Waals surface area contributed by atoms with Crippen LogP contribution in [-0.4, -0.2) is 66.4 Å². The topological polar surface area (TPSA) is 74.8 Å². The van der Waals surface area contributed by atoms with Gasteiger partial charge in [0.2, 0.25) is 5.91 Å². The number of nitrogens with one attached hydrogen (secondary N) is 1. The molecule has 7 nitrogen and oxygen atoms in total. The van der Waals surface area contributed by atoms with E-state index in [0.29, 0.717) is 30.9 Å². The van der Waals surface area contributed by atoms with E-state index in [1.54, 1.807) is 30.2 Å². The van der Waals surface area contributed by atoms with Crippen molar-refractivity contribution in [1.29, 1.82) is 0 Å². The van der Waals surface area contributed by atoms with Gasteiger partial charge >= 0.3 is 0 Å². The molecule has 9 heteroatoms. The number of aryl methyl sites for hydroxylation is 1. The molecule has 1 N–H and O–H groups in total. The highest BCUT2D eigenvalue weighted by molar-refractivity contribution is 8.01. The van der Waals surface area contributed by atoms with Gasteiger partial charge in [0, 0.05) is 31.6 Å². The van der Waals surface area contributed by atoms with Crippen LogP contribution in [0.5, 0.6) is 5.75 Å². The summed E-state index contributed by atoms with van der Waals surface area (Å²) in [7, 11) is 3.43. The van der Waals surface area contributed by atoms with Gasteiger partial charge in [-0.05, 0) is 43.0 Å². The van der Waals surface area contributed by atoms with Crippen molar-refractivity contribution in [3.8, 4) is 5.75 Å². The SMILES string of the molecule is C=CC(=O)N1CCCN(C(=O)c2cc(Sc3cnc(NC)s3)c(C)cc2OC)CC1C(C)C. The molecule has 1 aliphatic rings. The number of carbonyl (C=O) groups excluding carboxylic acids is 2. The van der Waals surface area contributed by atoms with Crippen molar-refractivity contribution in [1.82, 2.24) is 14.8 Å². The standard InChI is InChI=1S/C24H32N4O3S2/c1-7-21(29)28-10-8-9-27(14-18(28)15(2)3)23(30)17-12-20(16(4)11-19(17)31-6)32-22-13-26-24(25-5)33-22/h7,11-13,15,18H,1,8-10,14H2,2-6H3,(H,25,26). The van der Waals surface area contributed by atoms with Crippen LogP contribution in [0.4, 0.5) is 5.13 Å². The lowest BCUT2D eigenvalue weighted by Crippen LogP contribution is -2.47. The van der Waals surface area contributed by atoms with Crippen molar-refractivity contribution in [3.05, 3.63) is 42.1 Å². The Morgan fingerprint density at radius 2 is 2.12 bits per heavy atom. The van der Waals surface area contributed by atoms with Gasteiger partial charge < -0.3 is 19.9 Å². The van der Waals surface area contributed by atoms with Crippen LogP contribution in [0.1, 0.15) is 36.2 Å². The summed E-state index contributed by atoms with van der Waals surface area (Å²) in [6.45, 7) is 11.5. The monoisotopic (exact) mass is 488 g/mol. The lowest BCUT2D eigenvalue weighted by molar-refractivity contribution is -0.129. The van der Waals surface area contributed by atoms with Crippen LogP contribution in [0.2, 0.25) is 0 Å². The zero-order chi connectivity index (χ0) is 24.1. The quantitative estimate of drug-likeness (QED) is 0.577. The number of nitrogens with zero attached hydrogens (tertiary/aromatic N) is 3. The van der Waals surface area contributed by atoms with Crippen molar-refractivity contribution in [2.45, 2.75) is 42.3 Å². The normalized spacial score (nSPS) is 16.5. The fourth-order valence-corrected chi connectivity index (χ4v) is 5.86. The van der Waals surface area contributed by atoms with Gasteiger partial charge in [-0.25, -0.2) is 4.98 Å². The highest BCUT2D eigenvalue weighted by Gasteiger charge is 2.32. The van der Waals surface area contributed by atoms with Crippen LogP contribution < -0.4 is 10.1 Å². The number of rotatable bonds is 7. The second-order valence-corrected chi connectivity index (χ2v) is 10.7. The minimum absolute atomic E-state index is 0.0654. The van der Waals surface area contributed by atoms with Gasteiger partial charge in [0.15, 0.2) is 5.13 Å². The predicted octanol–water partition coefficient (Wildman–Crippen LogP) is 4.54. The molecule has 1 aromatic heterocycles. The Labute approximate surface area is 204 Å². The highest BCUT2D eigenvalue weighted by atomic mass is 32.2. The highest BCUT2D eigenvalue weighted by Crippen LogP contribution is 2.38. The summed E-state index contributed by atoms with van der Waals surface area (Å²) in [6, 6.07) is 3.77. The Morgan fingerprint density at radius 3 is 2.73 bits per heavy atom. The fourth-order valence-electron chi connectivity index (χ4n) is 3.97. The number of ether oxygens (including phenoxy) is 1. The lowest BCUT2D eigenvalue weighted by Gasteiger charge is -2.34. The third-order valence-corrected chi connectivity index (χ3v) is 8.06. The van der Waals surface area contributed by atoms with E-state index < -0.39 is 0 Å². The summed E-state index contributed by atoms with van der Waals surface area (Å²) < 4.78 is 6.63. The first-order valence-electron chi connectivity index (χ1n) is 11.0. The lowest BCUT2D eigenvalue weighted by atomic mass is 10.0. The van der Waals surface area contributed by atoms with Gasteiger partial charge in [0.25, 0.3) is 5.91 Å². The molecule has 0 saturated carbocycles. The summed E-state index contributed by atoms with van der Waals surface area (Å²) >= 11 is 3.16. The molecule has 178 valence electrons. The van der Waals surface area contributed by atoms with Crippen LogP contribution >= 0.6 is 23.1 Å². The molecule has 33 heavy (non-hydrogen) atoms. The predicted molar refractivity (Wildman–Crippen MR) is 135 cm³/mol. The smallest absolute Gasteiger partial charge is 0.257 e. The molecule has 0 aliphatic carbocycles. The van der Waals surface area contributed by atoms with Crippen LogP contribution in [0.15, 0.2) is 40.1 Å². The molecule has 0 bridgehead atoms. The van der Waals surface area contributed by atoms with E-state index in [-0.39, 0.29) is 23.8 Å². The Morgan fingerprint density at radius 1 is 1.36 bits per heavy atom. The molecule has 3 rings (SSSR count). The zero-order valence-electron chi connectivity index (χ0n) is 19.9. The number of hydrogen-bond acceptors (Lipinski definition) is 7. The molecule has 2 heterocycles. The number of hydrogen-bond donors (Lipinski definition) is 1. The Balaban J connectivity index is 1.91. The number of carbonyl (C=O) groups is 2. The number of aromatic nitrogens is 1. The summed E-state index contributed by atoms with van der Waals surface area (Å²) in [5.74, 6) is 0.611. The van der Waals surface area contributed by atoms with Crippen LogP contribution in [0.25, 0.3) is 0 Å². The van der Waals surface area contributed by atoms with E-state index in [1.807, 2.05) is 42.1 Å². The third-order valence-electron chi connectivity index (χ3n) is 5.79. The molecule has 1 saturated heterocycles. The van der Waals surface area contributed by atoms with E-state index in [2.05, 4.69) is 30.7 Å². The average molecular weight is 489 g/mol. The van der Waals surface area contributed by atoms with E-state index in [9.17, 15) is 9.59 Å². The molecule has 1 atom stereocenters. The van der Waals surface area contributed by atoms with E-state index >= 15 is 0 Å². The molecule has 0 spiro atoms. The van der Waals surface area contributed by atoms with Gasteiger partial charge in [0.05, 0.1) is 29.1 Å². The Hall–Kier alpha value is -2.52. The van der Waals surface area contributed by atoms with E-state index in [4.69, 9.17) is 4.74 Å². The van der Waals surface area contributed by atoms with E-state index in [1.165, 1.54) is 6.08 Å². The second-order valence-electron chi connectivity index (χ2n) is 8.31. The number of anilines is 1. The Kier molecular flexibility index (Phi) is 8.42. The maximum Gasteiger partial charge on any atom is 0.257 e. The van der Waals surface area contributed by atoms with Crippen LogP contribution in [0.3, 0.4) is 0 Å². The molecule has 1 unspecified atom stereocenters. The van der Waals surface area contributed by atoms with Crippen molar-refractivity contribution in [2.24, 2.45) is 5.92 Å². The summed E-state index contributed by atoms with van der Waals surface area (Å²) in [5.41, 5.74) is 1.57. The number of amides is 2. The first kappa shape index (κ1) is 25.1. The third kappa shape index (κ3) is 5.70. The molecule has 2 amide bonds. The second kappa shape index (κ2) is 11.1. The number of benzene rings is 1. The van der Waals surface area contributed by atoms with Gasteiger partial charge in [-0.1, -0.05) is 43.5 Å². The number of methoxy groups -OCH3 is 1. The largest absolute Gasteiger partial charge is 0.496 e. The molecular weight excluding hydrogens is 456 g/mol. The summed E-state index contributed by atoms with van der Waals surface area (Å²) in [6.07, 6.45) is 3.91. The zero-order valence-corrected chi connectivity index (χ0v) is 21.5. The van der Waals surface area contributed by atoms with Gasteiger partial charge in [0.1, 0.15) is 5.75 Å². The maximum absolute atomic E-state index is 13.7. The van der Waals surface area contributed by atoms with Crippen molar-refractivity contribution >= 4 is 40.0 Å². The molecule has 1 fully saturated rings. The molecule has 1 aromatic carbocycles. The van der Waals surface area contributed by atoms with Gasteiger partial charge in [-0.2, -0.15) is 0 Å². The van der Waals surface area contributed by atoms with Crippen molar-refractivity contribution in [3.63, 3.8) is 0 Å². The van der Waals surface area contributed by atoms with Gasteiger partial charge in [-0.15, -0.1) is 0 Å². The molecular formula is C24H32N4O3S2. The molecule has 1 aliphatic heterocycles. The van der Waals surface area contributed by atoms with Crippen LogP contribution in [0, 0.1) is 12.8 Å². The summed E-state index contributed by atoms with van der Waals surface area (Å²) in [4.78, 5) is 35.2. The summed E-state index contributed by atoms with van der Waals surface area (Å²) in [5, 5.41) is 3.90. The van der Waals surface area contributed by atoms with Crippen LogP contribution in [-0.2, 0) is 4.79 Å². The molecule has 0 radical (unpaired) electrons. The number of thiazole rings is 1. The van der Waals surface area contributed by atoms with Crippen molar-refractivity contribution in [2.75, 3.05) is 39.1 Å². The minimum Gasteiger partial charge on any atom is -0.496 e. The maximum atomic E-state index is 13.7. The molecule has 2 aromatic rings.